The van der Waals surface area contributed by atoms with Crippen LogP contribution in [0.4, 0.5) is 0 Å². The average Bonchev–Trinajstić information content (AvgIpc) is 2.58. The molecule has 8 nitrogen and oxygen atoms in total. The maximum atomic E-state index is 9.35. The van der Waals surface area contributed by atoms with Crippen LogP contribution in [-0.4, -0.2) is 27.3 Å². The summed E-state index contributed by atoms with van der Waals surface area (Å²) in [5, 5.41) is 23.9. The summed E-state index contributed by atoms with van der Waals surface area (Å²) in [5.74, 6) is 0.198. The van der Waals surface area contributed by atoms with E-state index in [2.05, 4.69) is 20.4 Å². The van der Waals surface area contributed by atoms with Gasteiger partial charge in [-0.15, -0.1) is 20.4 Å². The van der Waals surface area contributed by atoms with Crippen LogP contribution in [0.3, 0.4) is 0 Å². The van der Waals surface area contributed by atoms with Crippen LogP contribution in [0.25, 0.3) is 0 Å². The number of aromatic nitrogens is 1. The van der Waals surface area contributed by atoms with Gasteiger partial charge < -0.3 is 16.7 Å². The second kappa shape index (κ2) is 3.85. The molecule has 1 aromatic heterocycles. The fourth-order valence-corrected chi connectivity index (χ4v) is 1.04. The van der Waals surface area contributed by atoms with E-state index in [1.54, 1.807) is 18.2 Å². The first-order valence-electron chi connectivity index (χ1n) is 4.34. The average molecular weight is 219 g/mol. The normalized spacial score (nSPS) is 16.0. The van der Waals surface area contributed by atoms with E-state index in [1.165, 1.54) is 6.20 Å². The van der Waals surface area contributed by atoms with Crippen molar-refractivity contribution in [3.63, 3.8) is 0 Å². The molecule has 0 spiro atoms. The smallest absolute Gasteiger partial charge is 0.189 e. The number of hydrogen-bond acceptors (Lipinski definition) is 7. The molecule has 0 unspecified atom stereocenters. The molecule has 0 aliphatic carbocycles. The van der Waals surface area contributed by atoms with Gasteiger partial charge in [-0.1, -0.05) is 6.07 Å². The van der Waals surface area contributed by atoms with Gasteiger partial charge in [0.15, 0.2) is 22.9 Å². The lowest BCUT2D eigenvalue weighted by molar-refractivity contribution is 0.171. The molecular formula is C8H9N7O. The molecule has 0 aromatic carbocycles. The van der Waals surface area contributed by atoms with E-state index in [1.807, 2.05) is 0 Å². The third kappa shape index (κ3) is 1.75. The Morgan fingerprint density at radius 2 is 1.81 bits per heavy atom. The summed E-state index contributed by atoms with van der Waals surface area (Å²) >= 11 is 0. The Morgan fingerprint density at radius 1 is 1.12 bits per heavy atom. The third-order valence-corrected chi connectivity index (χ3v) is 1.82. The summed E-state index contributed by atoms with van der Waals surface area (Å²) in [7, 11) is 0. The highest BCUT2D eigenvalue weighted by Crippen LogP contribution is 1.92. The van der Waals surface area contributed by atoms with Crippen molar-refractivity contribution in [3.05, 3.63) is 29.9 Å². The van der Waals surface area contributed by atoms with Crippen molar-refractivity contribution in [1.82, 2.24) is 4.73 Å². The van der Waals surface area contributed by atoms with Gasteiger partial charge in [0.25, 0.3) is 0 Å². The van der Waals surface area contributed by atoms with Gasteiger partial charge in [-0.25, -0.2) is 0 Å². The minimum atomic E-state index is 0.0988. The van der Waals surface area contributed by atoms with Crippen molar-refractivity contribution in [2.45, 2.75) is 0 Å². The van der Waals surface area contributed by atoms with E-state index < -0.39 is 0 Å². The van der Waals surface area contributed by atoms with Crippen LogP contribution >= 0.6 is 0 Å². The molecular weight excluding hydrogens is 210 g/mol. The van der Waals surface area contributed by atoms with Crippen LogP contribution in [0.5, 0.6) is 0 Å². The summed E-state index contributed by atoms with van der Waals surface area (Å²) < 4.78 is 0.819. The predicted octanol–water partition coefficient (Wildman–Crippen LogP) is -1.37. The van der Waals surface area contributed by atoms with Crippen molar-refractivity contribution in [2.24, 2.45) is 31.9 Å². The number of nitrogens with zero attached hydrogens (tertiary/aromatic N) is 5. The minimum Gasteiger partial charge on any atom is -0.427 e. The SMILES string of the molecule is NC1=NN=C(N)C1=NN=c1ccccn1O. The highest BCUT2D eigenvalue weighted by Gasteiger charge is 2.15. The topological polar surface area (TPSA) is 127 Å². The van der Waals surface area contributed by atoms with Crippen LogP contribution in [0.2, 0.25) is 0 Å². The Balaban J connectivity index is 2.41. The van der Waals surface area contributed by atoms with Gasteiger partial charge in [0.2, 0.25) is 0 Å². The zero-order chi connectivity index (χ0) is 11.5. The van der Waals surface area contributed by atoms with Gasteiger partial charge in [0, 0.05) is 6.20 Å². The Bertz CT molecular complexity index is 546. The molecule has 82 valence electrons. The molecule has 1 aromatic rings. The number of rotatable bonds is 1. The Labute approximate surface area is 89.9 Å². The molecule has 5 N–H and O–H groups in total. The molecule has 0 amide bonds. The minimum absolute atomic E-state index is 0.0988. The van der Waals surface area contributed by atoms with Gasteiger partial charge in [-0.3, -0.25) is 0 Å². The molecule has 2 rings (SSSR count). The molecule has 0 bridgehead atoms. The Hall–Kier alpha value is -2.64. The van der Waals surface area contributed by atoms with Gasteiger partial charge >= 0.3 is 0 Å². The lowest BCUT2D eigenvalue weighted by Gasteiger charge is -1.95. The second-order valence-corrected chi connectivity index (χ2v) is 2.92. The summed E-state index contributed by atoms with van der Waals surface area (Å²) in [6.07, 6.45) is 1.42. The predicted molar refractivity (Wildman–Crippen MR) is 57.9 cm³/mol. The molecule has 2 heterocycles. The van der Waals surface area contributed by atoms with Crippen molar-refractivity contribution in [1.29, 1.82) is 0 Å². The first-order valence-corrected chi connectivity index (χ1v) is 4.34. The molecule has 0 atom stereocenters. The van der Waals surface area contributed by atoms with Crippen LogP contribution in [0.15, 0.2) is 44.8 Å². The molecule has 1 aliphatic heterocycles. The summed E-state index contributed by atoms with van der Waals surface area (Å²) in [6.45, 7) is 0. The van der Waals surface area contributed by atoms with Gasteiger partial charge in [-0.2, -0.15) is 4.73 Å². The van der Waals surface area contributed by atoms with Gasteiger partial charge in [-0.05, 0) is 12.1 Å². The fourth-order valence-electron chi connectivity index (χ4n) is 1.04. The standard InChI is InChI=1S/C8H9N7O/c9-7-6(8(10)14-13-7)12-11-5-3-1-2-4-15(5)16/h1-4,16H,(H4,9,10,12,13,14). The first-order chi connectivity index (χ1) is 7.68. The van der Waals surface area contributed by atoms with E-state index in [4.69, 9.17) is 11.5 Å². The van der Waals surface area contributed by atoms with E-state index in [0.717, 1.165) is 4.73 Å². The van der Waals surface area contributed by atoms with Crippen molar-refractivity contribution in [3.8, 4) is 0 Å². The molecule has 0 radical (unpaired) electrons. The zero-order valence-corrected chi connectivity index (χ0v) is 8.15. The molecule has 0 saturated carbocycles. The molecule has 0 fully saturated rings. The number of amidine groups is 2. The van der Waals surface area contributed by atoms with Crippen molar-refractivity contribution < 1.29 is 5.21 Å². The van der Waals surface area contributed by atoms with Crippen LogP contribution in [-0.2, 0) is 0 Å². The number of hydrogen-bond donors (Lipinski definition) is 3. The fraction of sp³-hybridized carbons (Fsp3) is 0. The van der Waals surface area contributed by atoms with Crippen LogP contribution in [0, 0.1) is 0 Å². The number of nitrogens with two attached hydrogens (primary N) is 2. The largest absolute Gasteiger partial charge is 0.427 e. The van der Waals surface area contributed by atoms with Gasteiger partial charge in [0.05, 0.1) is 0 Å². The maximum Gasteiger partial charge on any atom is 0.189 e. The molecule has 8 heteroatoms. The van der Waals surface area contributed by atoms with E-state index in [0.29, 0.717) is 0 Å². The molecule has 1 aliphatic rings. The molecule has 16 heavy (non-hydrogen) atoms. The number of pyridine rings is 1. The lowest BCUT2D eigenvalue weighted by Crippen LogP contribution is -2.32. The summed E-state index contributed by atoms with van der Waals surface area (Å²) in [4.78, 5) is 0. The van der Waals surface area contributed by atoms with Crippen molar-refractivity contribution >= 4 is 17.4 Å². The lowest BCUT2D eigenvalue weighted by atomic mass is 10.3. The highest BCUT2D eigenvalue weighted by atomic mass is 16.5. The van der Waals surface area contributed by atoms with Crippen LogP contribution < -0.4 is 17.0 Å². The quantitative estimate of drug-likeness (QED) is 0.398. The maximum absolute atomic E-state index is 9.35. The third-order valence-electron chi connectivity index (χ3n) is 1.82. The first kappa shape index (κ1) is 9.90. The Kier molecular flexibility index (Phi) is 2.38. The van der Waals surface area contributed by atoms with Crippen molar-refractivity contribution in [2.75, 3.05) is 0 Å². The zero-order valence-electron chi connectivity index (χ0n) is 8.15. The highest BCUT2D eigenvalue weighted by molar-refractivity contribution is 6.68. The van der Waals surface area contributed by atoms with Crippen LogP contribution in [0.1, 0.15) is 0 Å². The Morgan fingerprint density at radius 3 is 2.44 bits per heavy atom. The summed E-state index contributed by atoms with van der Waals surface area (Å²) in [5.41, 5.74) is 11.4. The van der Waals surface area contributed by atoms with Gasteiger partial charge in [0.1, 0.15) is 0 Å². The van der Waals surface area contributed by atoms with E-state index >= 15 is 0 Å². The van der Waals surface area contributed by atoms with E-state index in [-0.39, 0.29) is 22.9 Å². The summed E-state index contributed by atoms with van der Waals surface area (Å²) in [6, 6.07) is 4.92. The molecule has 0 saturated heterocycles. The second-order valence-electron chi connectivity index (χ2n) is 2.92. The monoisotopic (exact) mass is 219 g/mol. The van der Waals surface area contributed by atoms with E-state index in [9.17, 15) is 5.21 Å².